The number of rotatable bonds is 1. The average Bonchev–Trinajstić information content (AvgIpc) is 2.86. The van der Waals surface area contributed by atoms with E-state index in [1.165, 1.54) is 4.40 Å². The molecular formula is C9H12N6O. The van der Waals surface area contributed by atoms with E-state index in [0.717, 1.165) is 19.5 Å². The summed E-state index contributed by atoms with van der Waals surface area (Å²) in [5.74, 6) is 0.716. The van der Waals surface area contributed by atoms with Crippen molar-refractivity contribution in [3.8, 4) is 0 Å². The van der Waals surface area contributed by atoms with E-state index >= 15 is 0 Å². The van der Waals surface area contributed by atoms with Gasteiger partial charge in [-0.15, -0.1) is 5.10 Å². The number of aromatic nitrogens is 4. The molecule has 7 heteroatoms. The Morgan fingerprint density at radius 2 is 2.44 bits per heavy atom. The lowest BCUT2D eigenvalue weighted by atomic mass is 10.3. The Balaban J connectivity index is 2.13. The van der Waals surface area contributed by atoms with Gasteiger partial charge in [0, 0.05) is 31.5 Å². The highest BCUT2D eigenvalue weighted by Crippen LogP contribution is 2.19. The number of nitrogens with one attached hydrogen (secondary N) is 1. The van der Waals surface area contributed by atoms with E-state index in [2.05, 4.69) is 20.1 Å². The Hall–Kier alpha value is -1.89. The van der Waals surface area contributed by atoms with Crippen LogP contribution in [0.3, 0.4) is 0 Å². The van der Waals surface area contributed by atoms with Gasteiger partial charge in [-0.3, -0.25) is 0 Å². The summed E-state index contributed by atoms with van der Waals surface area (Å²) < 4.78 is 1.45. The highest BCUT2D eigenvalue weighted by atomic mass is 16.1. The second-order valence-corrected chi connectivity index (χ2v) is 3.97. The molecule has 3 heterocycles. The molecule has 7 nitrogen and oxygen atoms in total. The van der Waals surface area contributed by atoms with Gasteiger partial charge in [0.25, 0.3) is 0 Å². The zero-order chi connectivity index (χ0) is 11.1. The van der Waals surface area contributed by atoms with Crippen molar-refractivity contribution < 1.29 is 0 Å². The maximum atomic E-state index is 11.4. The van der Waals surface area contributed by atoms with Crippen LogP contribution in [0.4, 0.5) is 5.82 Å². The van der Waals surface area contributed by atoms with Gasteiger partial charge in [0.05, 0.1) is 0 Å². The maximum absolute atomic E-state index is 11.4. The first-order valence-electron chi connectivity index (χ1n) is 5.18. The Bertz CT molecular complexity index is 573. The molecule has 2 aromatic heterocycles. The highest BCUT2D eigenvalue weighted by molar-refractivity contribution is 5.63. The number of hydrogen-bond donors (Lipinski definition) is 2. The summed E-state index contributed by atoms with van der Waals surface area (Å²) in [6.07, 6.45) is 4.14. The van der Waals surface area contributed by atoms with Crippen LogP contribution in [0.2, 0.25) is 0 Å². The lowest BCUT2D eigenvalue weighted by molar-refractivity contribution is 0.751. The summed E-state index contributed by atoms with van der Waals surface area (Å²) >= 11 is 0. The number of nitrogens with two attached hydrogens (primary N) is 1. The Kier molecular flexibility index (Phi) is 1.93. The van der Waals surface area contributed by atoms with Crippen molar-refractivity contribution >= 4 is 11.5 Å². The van der Waals surface area contributed by atoms with E-state index in [1.807, 2.05) is 0 Å². The Morgan fingerprint density at radius 3 is 3.19 bits per heavy atom. The molecule has 0 bridgehead atoms. The molecule has 16 heavy (non-hydrogen) atoms. The van der Waals surface area contributed by atoms with Crippen molar-refractivity contribution in [2.24, 2.45) is 5.73 Å². The predicted molar refractivity (Wildman–Crippen MR) is 58.4 cm³/mol. The normalized spacial score (nSPS) is 20.8. The van der Waals surface area contributed by atoms with Crippen LogP contribution >= 0.6 is 0 Å². The van der Waals surface area contributed by atoms with Crippen molar-refractivity contribution in [2.45, 2.75) is 12.5 Å². The lowest BCUT2D eigenvalue weighted by Gasteiger charge is -2.16. The fourth-order valence-electron chi connectivity index (χ4n) is 2.03. The van der Waals surface area contributed by atoms with Gasteiger partial charge in [0.2, 0.25) is 5.65 Å². The van der Waals surface area contributed by atoms with E-state index in [-0.39, 0.29) is 11.7 Å². The van der Waals surface area contributed by atoms with Crippen molar-refractivity contribution in [3.63, 3.8) is 0 Å². The molecule has 1 fully saturated rings. The SMILES string of the molecule is NC1CCN(c2nccn3c(=O)[nH]nc23)C1. The molecule has 0 saturated carbocycles. The molecule has 0 radical (unpaired) electrons. The predicted octanol–water partition coefficient (Wildman–Crippen LogP) is -1.05. The third kappa shape index (κ3) is 1.28. The van der Waals surface area contributed by atoms with Crippen LogP contribution in [0.5, 0.6) is 0 Å². The molecule has 0 aromatic carbocycles. The zero-order valence-corrected chi connectivity index (χ0v) is 8.63. The molecular weight excluding hydrogens is 208 g/mol. The van der Waals surface area contributed by atoms with Gasteiger partial charge < -0.3 is 10.6 Å². The molecule has 3 N–H and O–H groups in total. The van der Waals surface area contributed by atoms with Crippen LogP contribution in [0, 0.1) is 0 Å². The molecule has 1 atom stereocenters. The first-order valence-corrected chi connectivity index (χ1v) is 5.18. The van der Waals surface area contributed by atoms with Crippen molar-refractivity contribution in [1.82, 2.24) is 19.6 Å². The quantitative estimate of drug-likeness (QED) is 0.640. The van der Waals surface area contributed by atoms with Gasteiger partial charge in [-0.05, 0) is 6.42 Å². The number of hydrogen-bond acceptors (Lipinski definition) is 5. The molecule has 0 amide bonds. The monoisotopic (exact) mass is 220 g/mol. The van der Waals surface area contributed by atoms with Gasteiger partial charge in [0.1, 0.15) is 0 Å². The van der Waals surface area contributed by atoms with E-state index < -0.39 is 0 Å². The third-order valence-corrected chi connectivity index (χ3v) is 2.84. The van der Waals surface area contributed by atoms with Crippen LogP contribution < -0.4 is 16.3 Å². The summed E-state index contributed by atoms with van der Waals surface area (Å²) in [7, 11) is 0. The van der Waals surface area contributed by atoms with E-state index in [4.69, 9.17) is 5.73 Å². The largest absolute Gasteiger partial charge is 0.352 e. The number of aromatic amines is 1. The number of fused-ring (bicyclic) bond motifs is 1. The van der Waals surface area contributed by atoms with Gasteiger partial charge in [0.15, 0.2) is 5.82 Å². The van der Waals surface area contributed by atoms with Crippen molar-refractivity contribution in [1.29, 1.82) is 0 Å². The van der Waals surface area contributed by atoms with E-state index in [9.17, 15) is 4.79 Å². The number of anilines is 1. The minimum atomic E-state index is -0.248. The van der Waals surface area contributed by atoms with Crippen molar-refractivity contribution in [3.05, 3.63) is 22.9 Å². The molecule has 3 rings (SSSR count). The third-order valence-electron chi connectivity index (χ3n) is 2.84. The van der Waals surface area contributed by atoms with Gasteiger partial charge >= 0.3 is 5.69 Å². The van der Waals surface area contributed by atoms with E-state index in [0.29, 0.717) is 11.5 Å². The number of nitrogens with zero attached hydrogens (tertiary/aromatic N) is 4. The number of H-pyrrole nitrogens is 1. The highest BCUT2D eigenvalue weighted by Gasteiger charge is 2.23. The minimum Gasteiger partial charge on any atom is -0.352 e. The fourth-order valence-corrected chi connectivity index (χ4v) is 2.03. The molecule has 0 aliphatic carbocycles. The molecule has 1 aliphatic heterocycles. The summed E-state index contributed by atoms with van der Waals surface area (Å²) in [5.41, 5.74) is 6.15. The molecule has 1 unspecified atom stereocenters. The maximum Gasteiger partial charge on any atom is 0.347 e. The summed E-state index contributed by atoms with van der Waals surface area (Å²) in [5, 5.41) is 6.38. The minimum absolute atomic E-state index is 0.174. The molecule has 2 aromatic rings. The first kappa shape index (κ1) is 9.34. The van der Waals surface area contributed by atoms with Crippen LogP contribution in [0.15, 0.2) is 17.2 Å². The fraction of sp³-hybridized carbons (Fsp3) is 0.444. The Morgan fingerprint density at radius 1 is 1.56 bits per heavy atom. The second-order valence-electron chi connectivity index (χ2n) is 3.97. The van der Waals surface area contributed by atoms with Crippen LogP contribution in [0.25, 0.3) is 5.65 Å². The van der Waals surface area contributed by atoms with Crippen molar-refractivity contribution in [2.75, 3.05) is 18.0 Å². The lowest BCUT2D eigenvalue weighted by Crippen LogP contribution is -2.27. The zero-order valence-electron chi connectivity index (χ0n) is 8.63. The summed E-state index contributed by atoms with van der Waals surface area (Å²) in [4.78, 5) is 17.7. The van der Waals surface area contributed by atoms with Gasteiger partial charge in [-0.1, -0.05) is 0 Å². The summed E-state index contributed by atoms with van der Waals surface area (Å²) in [6, 6.07) is 0.174. The Labute approximate surface area is 90.9 Å². The van der Waals surface area contributed by atoms with Gasteiger partial charge in [-0.2, -0.15) is 0 Å². The second kappa shape index (κ2) is 3.31. The van der Waals surface area contributed by atoms with E-state index in [1.54, 1.807) is 12.4 Å². The first-order chi connectivity index (χ1) is 7.75. The van der Waals surface area contributed by atoms with Crippen LogP contribution in [0.1, 0.15) is 6.42 Å². The molecule has 1 aliphatic rings. The standard InChI is InChI=1S/C9H12N6O/c10-6-1-3-14(5-6)7-8-12-13-9(16)15(8)4-2-11-7/h2,4,6H,1,3,5,10H2,(H,13,16). The van der Waals surface area contributed by atoms with Crippen LogP contribution in [-0.4, -0.2) is 38.7 Å². The molecule has 1 saturated heterocycles. The average molecular weight is 220 g/mol. The van der Waals surface area contributed by atoms with Crippen LogP contribution in [-0.2, 0) is 0 Å². The molecule has 84 valence electrons. The van der Waals surface area contributed by atoms with Gasteiger partial charge in [-0.25, -0.2) is 19.3 Å². The topological polar surface area (TPSA) is 92.3 Å². The molecule has 0 spiro atoms. The summed E-state index contributed by atoms with van der Waals surface area (Å²) in [6.45, 7) is 1.61. The smallest absolute Gasteiger partial charge is 0.347 e.